The summed E-state index contributed by atoms with van der Waals surface area (Å²) in [7, 11) is -2.13. The first kappa shape index (κ1) is 11.5. The van der Waals surface area contributed by atoms with E-state index in [1.54, 1.807) is 17.2 Å². The van der Waals surface area contributed by atoms with Gasteiger partial charge in [-0.15, -0.1) is 5.06 Å². The van der Waals surface area contributed by atoms with Gasteiger partial charge in [-0.2, -0.15) is 0 Å². The van der Waals surface area contributed by atoms with Crippen LogP contribution in [0.2, 0.25) is 0 Å². The Hall–Kier alpha value is -1.00. The minimum atomic E-state index is -2.13. The molecular weight excluding hydrogens is 227 g/mol. The standard InChI is InChI=1S/C10H14N2O3P/c13-16(14-10-4-2-1-3-5-10)15-12-8-6-11-7-9-12/h1-5,11H,6-9H2/q+1. The van der Waals surface area contributed by atoms with Gasteiger partial charge in [0.15, 0.2) is 5.75 Å². The van der Waals surface area contributed by atoms with Crippen LogP contribution in [0.15, 0.2) is 30.3 Å². The number of para-hydroxylation sites is 1. The van der Waals surface area contributed by atoms with Gasteiger partial charge in [0, 0.05) is 30.7 Å². The van der Waals surface area contributed by atoms with Gasteiger partial charge in [-0.3, -0.25) is 0 Å². The topological polar surface area (TPSA) is 50.8 Å². The fourth-order valence-electron chi connectivity index (χ4n) is 1.40. The molecule has 1 aliphatic rings. The Bertz CT molecular complexity index is 341. The summed E-state index contributed by atoms with van der Waals surface area (Å²) in [5.74, 6) is 0.554. The predicted molar refractivity (Wildman–Crippen MR) is 60.2 cm³/mol. The van der Waals surface area contributed by atoms with E-state index in [0.29, 0.717) is 5.75 Å². The molecule has 0 aromatic heterocycles. The number of hydroxylamine groups is 2. The van der Waals surface area contributed by atoms with E-state index in [0.717, 1.165) is 26.2 Å². The lowest BCUT2D eigenvalue weighted by molar-refractivity contribution is -0.0666. The van der Waals surface area contributed by atoms with Crippen LogP contribution in [0, 0.1) is 0 Å². The fraction of sp³-hybridized carbons (Fsp3) is 0.400. The molecule has 0 saturated carbocycles. The normalized spacial score (nSPS) is 18.1. The van der Waals surface area contributed by atoms with Crippen molar-refractivity contribution in [1.82, 2.24) is 10.4 Å². The molecule has 16 heavy (non-hydrogen) atoms. The summed E-state index contributed by atoms with van der Waals surface area (Å²) in [6.07, 6.45) is 0. The average Bonchev–Trinajstić information content (AvgIpc) is 2.31. The van der Waals surface area contributed by atoms with Crippen LogP contribution in [-0.4, -0.2) is 31.2 Å². The van der Waals surface area contributed by atoms with E-state index < -0.39 is 8.25 Å². The molecule has 1 aliphatic heterocycles. The molecule has 0 amide bonds. The number of nitrogens with one attached hydrogen (secondary N) is 1. The predicted octanol–water partition coefficient (Wildman–Crippen LogP) is 1.56. The molecule has 86 valence electrons. The second-order valence-corrected chi connectivity index (χ2v) is 4.18. The maximum absolute atomic E-state index is 11.5. The molecule has 1 fully saturated rings. The van der Waals surface area contributed by atoms with Gasteiger partial charge in [0.25, 0.3) is 0 Å². The van der Waals surface area contributed by atoms with Crippen molar-refractivity contribution < 1.29 is 13.7 Å². The van der Waals surface area contributed by atoms with Crippen molar-refractivity contribution in [3.8, 4) is 5.75 Å². The van der Waals surface area contributed by atoms with Gasteiger partial charge >= 0.3 is 8.25 Å². The molecule has 1 unspecified atom stereocenters. The van der Waals surface area contributed by atoms with Gasteiger partial charge in [-0.1, -0.05) is 18.2 Å². The van der Waals surface area contributed by atoms with E-state index in [9.17, 15) is 4.57 Å². The lowest BCUT2D eigenvalue weighted by Crippen LogP contribution is -2.42. The molecule has 1 aromatic rings. The third-order valence-electron chi connectivity index (χ3n) is 2.18. The summed E-state index contributed by atoms with van der Waals surface area (Å²) in [5.41, 5.74) is 0. The third-order valence-corrected chi connectivity index (χ3v) is 2.91. The molecule has 2 rings (SSSR count). The van der Waals surface area contributed by atoms with E-state index in [-0.39, 0.29) is 0 Å². The highest BCUT2D eigenvalue weighted by atomic mass is 31.1. The van der Waals surface area contributed by atoms with Crippen LogP contribution in [0.4, 0.5) is 0 Å². The first-order valence-corrected chi connectivity index (χ1v) is 6.28. The van der Waals surface area contributed by atoms with E-state index in [1.165, 1.54) is 0 Å². The Morgan fingerprint density at radius 3 is 2.56 bits per heavy atom. The number of nitrogens with zero attached hydrogens (tertiary/aromatic N) is 1. The van der Waals surface area contributed by atoms with Crippen LogP contribution in [0.5, 0.6) is 5.75 Å². The Kier molecular flexibility index (Phi) is 4.25. The number of hydrogen-bond donors (Lipinski definition) is 1. The summed E-state index contributed by atoms with van der Waals surface area (Å²) < 4.78 is 21.8. The van der Waals surface area contributed by atoms with E-state index in [2.05, 4.69) is 5.32 Å². The van der Waals surface area contributed by atoms with Crippen LogP contribution in [-0.2, 0) is 9.19 Å². The summed E-state index contributed by atoms with van der Waals surface area (Å²) in [6.45, 7) is 3.13. The van der Waals surface area contributed by atoms with Gasteiger partial charge in [0.05, 0.1) is 0 Å². The number of benzene rings is 1. The largest absolute Gasteiger partial charge is 0.769 e. The third kappa shape index (κ3) is 3.54. The smallest absolute Gasteiger partial charge is 0.314 e. The van der Waals surface area contributed by atoms with Gasteiger partial charge < -0.3 is 5.32 Å². The highest BCUT2D eigenvalue weighted by molar-refractivity contribution is 7.33. The zero-order valence-corrected chi connectivity index (χ0v) is 9.73. The lowest BCUT2D eigenvalue weighted by Gasteiger charge is -2.19. The molecule has 5 nitrogen and oxygen atoms in total. The van der Waals surface area contributed by atoms with Crippen molar-refractivity contribution in [3.63, 3.8) is 0 Å². The molecule has 6 heteroatoms. The first-order valence-electron chi connectivity index (χ1n) is 5.18. The van der Waals surface area contributed by atoms with Crippen LogP contribution in [0.1, 0.15) is 0 Å². The minimum Gasteiger partial charge on any atom is -0.314 e. The molecule has 1 atom stereocenters. The Balaban J connectivity index is 1.80. The molecule has 0 aliphatic carbocycles. The maximum atomic E-state index is 11.5. The minimum absolute atomic E-state index is 0.554. The Labute approximate surface area is 95.3 Å². The summed E-state index contributed by atoms with van der Waals surface area (Å²) in [6, 6.07) is 9.01. The fourth-order valence-corrected chi connectivity index (χ4v) is 2.08. The zero-order valence-electron chi connectivity index (χ0n) is 8.83. The van der Waals surface area contributed by atoms with Crippen molar-refractivity contribution in [1.29, 1.82) is 0 Å². The maximum Gasteiger partial charge on any atom is 0.769 e. The van der Waals surface area contributed by atoms with Gasteiger partial charge in [0.1, 0.15) is 0 Å². The van der Waals surface area contributed by atoms with Crippen molar-refractivity contribution in [2.45, 2.75) is 0 Å². The summed E-state index contributed by atoms with van der Waals surface area (Å²) in [5, 5.41) is 4.85. The first-order chi connectivity index (χ1) is 7.84. The SMILES string of the molecule is O=[P+](Oc1ccccc1)ON1CCNCC1. The van der Waals surface area contributed by atoms with Gasteiger partial charge in [-0.05, 0) is 16.8 Å². The highest BCUT2D eigenvalue weighted by Gasteiger charge is 2.28. The average molecular weight is 241 g/mol. The van der Waals surface area contributed by atoms with Crippen LogP contribution < -0.4 is 9.84 Å². The zero-order chi connectivity index (χ0) is 11.2. The molecule has 1 N–H and O–H groups in total. The van der Waals surface area contributed by atoms with Crippen molar-refractivity contribution in [2.24, 2.45) is 0 Å². The van der Waals surface area contributed by atoms with Crippen LogP contribution >= 0.6 is 8.25 Å². The molecule has 0 bridgehead atoms. The quantitative estimate of drug-likeness (QED) is 0.811. The highest BCUT2D eigenvalue weighted by Crippen LogP contribution is 2.28. The molecule has 1 aromatic carbocycles. The van der Waals surface area contributed by atoms with Crippen molar-refractivity contribution >= 4 is 8.25 Å². The lowest BCUT2D eigenvalue weighted by atomic mass is 10.3. The molecule has 1 saturated heterocycles. The monoisotopic (exact) mass is 241 g/mol. The van der Waals surface area contributed by atoms with Crippen molar-refractivity contribution in [3.05, 3.63) is 30.3 Å². The molecule has 0 spiro atoms. The molecule has 0 radical (unpaired) electrons. The van der Waals surface area contributed by atoms with Crippen molar-refractivity contribution in [2.75, 3.05) is 26.2 Å². The number of rotatable bonds is 4. The molecule has 1 heterocycles. The summed E-state index contributed by atoms with van der Waals surface area (Å²) in [4.78, 5) is 0. The summed E-state index contributed by atoms with van der Waals surface area (Å²) >= 11 is 0. The van der Waals surface area contributed by atoms with Crippen LogP contribution in [0.3, 0.4) is 0 Å². The van der Waals surface area contributed by atoms with E-state index >= 15 is 0 Å². The van der Waals surface area contributed by atoms with E-state index in [1.807, 2.05) is 18.2 Å². The van der Waals surface area contributed by atoms with Gasteiger partial charge in [0.2, 0.25) is 0 Å². The molecular formula is C10H14N2O3P+. The van der Waals surface area contributed by atoms with Crippen LogP contribution in [0.25, 0.3) is 0 Å². The van der Waals surface area contributed by atoms with E-state index in [4.69, 9.17) is 9.15 Å². The number of hydrogen-bond acceptors (Lipinski definition) is 5. The number of piperazine rings is 1. The Morgan fingerprint density at radius 2 is 1.88 bits per heavy atom. The second-order valence-electron chi connectivity index (χ2n) is 3.39. The Morgan fingerprint density at radius 1 is 1.19 bits per heavy atom. The van der Waals surface area contributed by atoms with Gasteiger partial charge in [-0.25, -0.2) is 4.52 Å². The second kappa shape index (κ2) is 5.92.